The number of hydrogen-bond donors (Lipinski definition) is 1. The summed E-state index contributed by atoms with van der Waals surface area (Å²) >= 11 is 0. The molecular weight excluding hydrogens is 514 g/mol. The average Bonchev–Trinajstić information content (AvgIpc) is 2.80. The van der Waals surface area contributed by atoms with Crippen molar-refractivity contribution in [2.75, 3.05) is 59.5 Å². The van der Waals surface area contributed by atoms with Gasteiger partial charge in [0.05, 0.1) is 21.3 Å². The Bertz CT molecular complexity index is 872. The Labute approximate surface area is 200 Å². The fraction of sp³-hybridized carbons (Fsp3) is 0.409. The zero-order valence-corrected chi connectivity index (χ0v) is 20.7. The standard InChI is InChI=1S/C22H29FN4O3.HI/c1-24-22(25-15-16-13-20(29-3)21(30-4)14-19(16)28-2)27-11-9-26(10-12-27)18-7-5-17(23)6-8-18;/h5-8,13-14H,9-12,15H2,1-4H3,(H,24,25);1H. The number of rotatable bonds is 6. The van der Waals surface area contributed by atoms with Crippen molar-refractivity contribution in [3.63, 3.8) is 0 Å². The van der Waals surface area contributed by atoms with E-state index in [0.717, 1.165) is 49.1 Å². The molecule has 0 radical (unpaired) electrons. The van der Waals surface area contributed by atoms with Gasteiger partial charge in [-0.25, -0.2) is 4.39 Å². The van der Waals surface area contributed by atoms with Crippen LogP contribution < -0.4 is 24.4 Å². The Morgan fingerprint density at radius 2 is 1.52 bits per heavy atom. The van der Waals surface area contributed by atoms with Crippen molar-refractivity contribution in [3.8, 4) is 17.2 Å². The lowest BCUT2D eigenvalue weighted by atomic mass is 10.1. The molecule has 0 aromatic heterocycles. The molecule has 170 valence electrons. The number of methoxy groups -OCH3 is 3. The van der Waals surface area contributed by atoms with Crippen molar-refractivity contribution in [3.05, 3.63) is 47.8 Å². The molecule has 0 aliphatic carbocycles. The fourth-order valence-corrected chi connectivity index (χ4v) is 3.57. The van der Waals surface area contributed by atoms with Crippen LogP contribution in [0.25, 0.3) is 0 Å². The van der Waals surface area contributed by atoms with E-state index in [1.54, 1.807) is 28.4 Å². The first-order valence-corrected chi connectivity index (χ1v) is 9.84. The van der Waals surface area contributed by atoms with E-state index >= 15 is 0 Å². The molecule has 1 N–H and O–H groups in total. The zero-order valence-electron chi connectivity index (χ0n) is 18.4. The SMILES string of the molecule is CN=C(NCc1cc(OC)c(OC)cc1OC)N1CCN(c2ccc(F)cc2)CC1.I. The third-order valence-electron chi connectivity index (χ3n) is 5.21. The lowest BCUT2D eigenvalue weighted by Crippen LogP contribution is -2.52. The van der Waals surface area contributed by atoms with Crippen LogP contribution in [0.2, 0.25) is 0 Å². The van der Waals surface area contributed by atoms with E-state index in [2.05, 4.69) is 20.1 Å². The first kappa shape index (κ1) is 24.8. The molecule has 1 aliphatic heterocycles. The Morgan fingerprint density at radius 3 is 2.06 bits per heavy atom. The van der Waals surface area contributed by atoms with Crippen molar-refractivity contribution >= 4 is 35.6 Å². The second-order valence-corrected chi connectivity index (χ2v) is 6.87. The summed E-state index contributed by atoms with van der Waals surface area (Å²) in [5.74, 6) is 2.60. The maximum atomic E-state index is 13.2. The lowest BCUT2D eigenvalue weighted by molar-refractivity contribution is 0.346. The zero-order chi connectivity index (χ0) is 21.5. The van der Waals surface area contributed by atoms with Crippen LogP contribution in [-0.4, -0.2) is 65.4 Å². The summed E-state index contributed by atoms with van der Waals surface area (Å²) in [6.07, 6.45) is 0. The maximum Gasteiger partial charge on any atom is 0.194 e. The largest absolute Gasteiger partial charge is 0.496 e. The molecule has 31 heavy (non-hydrogen) atoms. The summed E-state index contributed by atoms with van der Waals surface area (Å²) < 4.78 is 29.4. The first-order chi connectivity index (χ1) is 14.6. The first-order valence-electron chi connectivity index (χ1n) is 9.84. The molecule has 0 unspecified atom stereocenters. The van der Waals surface area contributed by atoms with E-state index in [-0.39, 0.29) is 29.8 Å². The Morgan fingerprint density at radius 1 is 0.935 bits per heavy atom. The minimum atomic E-state index is -0.215. The van der Waals surface area contributed by atoms with Gasteiger partial charge in [-0.1, -0.05) is 0 Å². The van der Waals surface area contributed by atoms with Crippen LogP contribution in [0.4, 0.5) is 10.1 Å². The van der Waals surface area contributed by atoms with Gasteiger partial charge < -0.3 is 29.3 Å². The number of anilines is 1. The van der Waals surface area contributed by atoms with Gasteiger partial charge in [0.1, 0.15) is 11.6 Å². The van der Waals surface area contributed by atoms with Crippen molar-refractivity contribution in [1.82, 2.24) is 10.2 Å². The van der Waals surface area contributed by atoms with Crippen LogP contribution in [0.5, 0.6) is 17.2 Å². The molecule has 7 nitrogen and oxygen atoms in total. The highest BCUT2D eigenvalue weighted by molar-refractivity contribution is 14.0. The quantitative estimate of drug-likeness (QED) is 0.342. The van der Waals surface area contributed by atoms with Gasteiger partial charge in [0, 0.05) is 57.1 Å². The molecule has 0 amide bonds. The average molecular weight is 544 g/mol. The van der Waals surface area contributed by atoms with Crippen LogP contribution in [0.1, 0.15) is 5.56 Å². The van der Waals surface area contributed by atoms with E-state index in [0.29, 0.717) is 18.0 Å². The Kier molecular flexibility index (Phi) is 9.47. The molecule has 1 heterocycles. The number of aliphatic imine (C=N–C) groups is 1. The maximum absolute atomic E-state index is 13.2. The van der Waals surface area contributed by atoms with Crippen molar-refractivity contribution in [1.29, 1.82) is 0 Å². The van der Waals surface area contributed by atoms with Crippen LogP contribution >= 0.6 is 24.0 Å². The normalized spacial score (nSPS) is 14.0. The Balaban J connectivity index is 0.00000341. The summed E-state index contributed by atoms with van der Waals surface area (Å²) in [5.41, 5.74) is 1.98. The fourth-order valence-electron chi connectivity index (χ4n) is 3.57. The van der Waals surface area contributed by atoms with Crippen molar-refractivity contribution in [2.45, 2.75) is 6.54 Å². The number of piperazine rings is 1. The predicted molar refractivity (Wildman–Crippen MR) is 132 cm³/mol. The van der Waals surface area contributed by atoms with Gasteiger partial charge in [-0.3, -0.25) is 4.99 Å². The van der Waals surface area contributed by atoms with E-state index in [4.69, 9.17) is 14.2 Å². The minimum Gasteiger partial charge on any atom is -0.496 e. The third kappa shape index (κ3) is 6.05. The van der Waals surface area contributed by atoms with Gasteiger partial charge in [0.25, 0.3) is 0 Å². The van der Waals surface area contributed by atoms with Gasteiger partial charge in [0.2, 0.25) is 0 Å². The summed E-state index contributed by atoms with van der Waals surface area (Å²) in [4.78, 5) is 8.90. The Hall–Kier alpha value is -2.43. The molecule has 2 aromatic carbocycles. The lowest BCUT2D eigenvalue weighted by Gasteiger charge is -2.37. The molecule has 1 aliphatic rings. The monoisotopic (exact) mass is 544 g/mol. The van der Waals surface area contributed by atoms with Crippen LogP contribution in [-0.2, 0) is 6.54 Å². The van der Waals surface area contributed by atoms with Gasteiger partial charge in [0.15, 0.2) is 17.5 Å². The molecule has 2 aromatic rings. The molecule has 0 saturated carbocycles. The molecule has 0 bridgehead atoms. The molecule has 3 rings (SSSR count). The highest BCUT2D eigenvalue weighted by Gasteiger charge is 2.20. The number of benzene rings is 2. The molecular formula is C22H30FIN4O3. The second kappa shape index (κ2) is 11.8. The van der Waals surface area contributed by atoms with E-state index in [9.17, 15) is 4.39 Å². The summed E-state index contributed by atoms with van der Waals surface area (Å²) in [6, 6.07) is 10.4. The molecule has 1 fully saturated rings. The number of nitrogens with one attached hydrogen (secondary N) is 1. The van der Waals surface area contributed by atoms with Gasteiger partial charge in [-0.15, -0.1) is 24.0 Å². The van der Waals surface area contributed by atoms with Crippen LogP contribution in [0.15, 0.2) is 41.4 Å². The highest BCUT2D eigenvalue weighted by atomic mass is 127. The highest BCUT2D eigenvalue weighted by Crippen LogP contribution is 2.34. The topological polar surface area (TPSA) is 58.6 Å². The number of guanidine groups is 1. The van der Waals surface area contributed by atoms with E-state index < -0.39 is 0 Å². The predicted octanol–water partition coefficient (Wildman–Crippen LogP) is 3.37. The number of hydrogen-bond acceptors (Lipinski definition) is 5. The van der Waals surface area contributed by atoms with Gasteiger partial charge in [-0.2, -0.15) is 0 Å². The van der Waals surface area contributed by atoms with Crippen molar-refractivity contribution in [2.24, 2.45) is 4.99 Å². The van der Waals surface area contributed by atoms with E-state index in [1.807, 2.05) is 24.3 Å². The summed E-state index contributed by atoms with van der Waals surface area (Å²) in [5, 5.41) is 3.41. The second-order valence-electron chi connectivity index (χ2n) is 6.87. The van der Waals surface area contributed by atoms with Crippen LogP contribution in [0.3, 0.4) is 0 Å². The third-order valence-corrected chi connectivity index (χ3v) is 5.21. The molecule has 0 spiro atoms. The van der Waals surface area contributed by atoms with Crippen LogP contribution in [0, 0.1) is 5.82 Å². The summed E-state index contributed by atoms with van der Waals surface area (Å²) in [6.45, 7) is 3.85. The minimum absolute atomic E-state index is 0. The van der Waals surface area contributed by atoms with E-state index in [1.165, 1.54) is 12.1 Å². The van der Waals surface area contributed by atoms with Crippen molar-refractivity contribution < 1.29 is 18.6 Å². The molecule has 1 saturated heterocycles. The van der Waals surface area contributed by atoms with Gasteiger partial charge >= 0.3 is 0 Å². The number of nitrogens with zero attached hydrogens (tertiary/aromatic N) is 3. The molecule has 0 atom stereocenters. The summed E-state index contributed by atoms with van der Waals surface area (Å²) in [7, 11) is 6.62. The number of ether oxygens (including phenoxy) is 3. The van der Waals surface area contributed by atoms with Gasteiger partial charge in [-0.05, 0) is 30.3 Å². The number of halogens is 2. The smallest absolute Gasteiger partial charge is 0.194 e. The molecule has 9 heteroatoms.